The van der Waals surface area contributed by atoms with Crippen molar-refractivity contribution < 1.29 is 4.74 Å². The van der Waals surface area contributed by atoms with Gasteiger partial charge in [-0.25, -0.2) is 0 Å². The maximum atomic E-state index is 5.60. The largest absolute Gasteiger partial charge is 0.375 e. The van der Waals surface area contributed by atoms with Crippen molar-refractivity contribution in [2.45, 2.75) is 45.8 Å². The third kappa shape index (κ3) is 1.68. The zero-order valence-corrected chi connectivity index (χ0v) is 6.55. The molecule has 0 saturated carbocycles. The first-order valence-electron chi connectivity index (χ1n) is 3.85. The van der Waals surface area contributed by atoms with E-state index in [1.54, 1.807) is 0 Å². The molecule has 1 heteroatoms. The summed E-state index contributed by atoms with van der Waals surface area (Å²) in [6.45, 7) is 6.58. The van der Waals surface area contributed by atoms with Gasteiger partial charge in [-0.2, -0.15) is 0 Å². The van der Waals surface area contributed by atoms with E-state index < -0.39 is 0 Å². The Kier molecular flexibility index (Phi) is 2.12. The summed E-state index contributed by atoms with van der Waals surface area (Å²) in [6, 6.07) is 0. The molecule has 1 heterocycles. The van der Waals surface area contributed by atoms with Gasteiger partial charge in [-0.05, 0) is 32.6 Å². The molecule has 0 spiro atoms. The van der Waals surface area contributed by atoms with Crippen LogP contribution in [0.4, 0.5) is 0 Å². The molecule has 0 radical (unpaired) electrons. The Morgan fingerprint density at radius 2 is 1.78 bits per heavy atom. The molecule has 0 amide bonds. The van der Waals surface area contributed by atoms with Crippen molar-refractivity contribution in [3.63, 3.8) is 0 Å². The number of hydrogen-bond acceptors (Lipinski definition) is 1. The Morgan fingerprint density at radius 3 is 2.22 bits per heavy atom. The van der Waals surface area contributed by atoms with Gasteiger partial charge in [0, 0.05) is 0 Å². The van der Waals surface area contributed by atoms with E-state index in [1.807, 2.05) is 0 Å². The summed E-state index contributed by atoms with van der Waals surface area (Å²) in [5.74, 6) is 0.765. The van der Waals surface area contributed by atoms with E-state index in [-0.39, 0.29) is 0 Å². The summed E-state index contributed by atoms with van der Waals surface area (Å²) in [7, 11) is 0. The van der Waals surface area contributed by atoms with Crippen LogP contribution in [0.25, 0.3) is 0 Å². The van der Waals surface area contributed by atoms with E-state index in [1.165, 1.54) is 12.8 Å². The van der Waals surface area contributed by atoms with Gasteiger partial charge in [-0.15, -0.1) is 0 Å². The fourth-order valence-electron chi connectivity index (χ4n) is 1.30. The summed E-state index contributed by atoms with van der Waals surface area (Å²) in [5.41, 5.74) is 0. The highest BCUT2D eigenvalue weighted by Gasteiger charge is 2.21. The summed E-state index contributed by atoms with van der Waals surface area (Å²) < 4.78 is 5.60. The minimum atomic E-state index is 0.480. The fraction of sp³-hybridized carbons (Fsp3) is 1.00. The van der Waals surface area contributed by atoms with Crippen molar-refractivity contribution in [3.05, 3.63) is 0 Å². The molecule has 3 atom stereocenters. The SMILES string of the molecule is CC1CC[C@H](C)[C@H](C)O1. The monoisotopic (exact) mass is 128 g/mol. The number of rotatable bonds is 0. The average molecular weight is 128 g/mol. The van der Waals surface area contributed by atoms with Crippen molar-refractivity contribution in [2.24, 2.45) is 5.92 Å². The summed E-state index contributed by atoms with van der Waals surface area (Å²) in [6.07, 6.45) is 3.55. The Labute approximate surface area is 57.4 Å². The molecule has 1 aliphatic rings. The Bertz CT molecular complexity index is 90.6. The predicted octanol–water partition coefficient (Wildman–Crippen LogP) is 2.21. The fourth-order valence-corrected chi connectivity index (χ4v) is 1.30. The lowest BCUT2D eigenvalue weighted by molar-refractivity contribution is -0.0594. The van der Waals surface area contributed by atoms with E-state index in [0.717, 1.165) is 5.92 Å². The molecule has 0 N–H and O–H groups in total. The number of hydrogen-bond donors (Lipinski definition) is 0. The summed E-state index contributed by atoms with van der Waals surface area (Å²) in [5, 5.41) is 0. The number of ether oxygens (including phenoxy) is 1. The molecule has 1 unspecified atom stereocenters. The van der Waals surface area contributed by atoms with Gasteiger partial charge in [-0.1, -0.05) is 6.92 Å². The van der Waals surface area contributed by atoms with Crippen LogP contribution in [0.3, 0.4) is 0 Å². The second kappa shape index (κ2) is 2.70. The Hall–Kier alpha value is -0.0400. The highest BCUT2D eigenvalue weighted by Crippen LogP contribution is 2.23. The highest BCUT2D eigenvalue weighted by molar-refractivity contribution is 4.70. The third-order valence-electron chi connectivity index (χ3n) is 2.28. The first kappa shape index (κ1) is 7.07. The van der Waals surface area contributed by atoms with Gasteiger partial charge in [0.1, 0.15) is 0 Å². The molecule has 0 aromatic carbocycles. The Balaban J connectivity index is 2.35. The zero-order chi connectivity index (χ0) is 6.85. The van der Waals surface area contributed by atoms with E-state index >= 15 is 0 Å². The molecule has 1 nitrogen and oxygen atoms in total. The van der Waals surface area contributed by atoms with Crippen LogP contribution in [-0.2, 0) is 4.74 Å². The molecule has 9 heavy (non-hydrogen) atoms. The van der Waals surface area contributed by atoms with Crippen LogP contribution >= 0.6 is 0 Å². The van der Waals surface area contributed by atoms with Crippen LogP contribution in [0.1, 0.15) is 33.6 Å². The molecule has 0 bridgehead atoms. The molecule has 0 aliphatic carbocycles. The minimum absolute atomic E-state index is 0.480. The molecule has 1 rings (SSSR count). The zero-order valence-electron chi connectivity index (χ0n) is 6.55. The maximum absolute atomic E-state index is 5.60. The van der Waals surface area contributed by atoms with Crippen LogP contribution in [0, 0.1) is 5.92 Å². The van der Waals surface area contributed by atoms with Crippen molar-refractivity contribution >= 4 is 0 Å². The van der Waals surface area contributed by atoms with Crippen LogP contribution in [0.5, 0.6) is 0 Å². The lowest BCUT2D eigenvalue weighted by atomic mass is 9.95. The van der Waals surface area contributed by atoms with Crippen molar-refractivity contribution in [2.75, 3.05) is 0 Å². The summed E-state index contributed by atoms with van der Waals surface area (Å²) >= 11 is 0. The molecule has 1 fully saturated rings. The average Bonchev–Trinajstić information content (AvgIpc) is 1.80. The topological polar surface area (TPSA) is 9.23 Å². The molecule has 1 saturated heterocycles. The highest BCUT2D eigenvalue weighted by atomic mass is 16.5. The Morgan fingerprint density at radius 1 is 1.11 bits per heavy atom. The van der Waals surface area contributed by atoms with Gasteiger partial charge < -0.3 is 4.74 Å². The normalized spacial score (nSPS) is 45.0. The predicted molar refractivity (Wildman–Crippen MR) is 38.4 cm³/mol. The van der Waals surface area contributed by atoms with Gasteiger partial charge in [0.15, 0.2) is 0 Å². The van der Waals surface area contributed by atoms with Crippen molar-refractivity contribution in [3.8, 4) is 0 Å². The second-order valence-corrected chi connectivity index (χ2v) is 3.21. The van der Waals surface area contributed by atoms with Crippen molar-refractivity contribution in [1.82, 2.24) is 0 Å². The smallest absolute Gasteiger partial charge is 0.0576 e. The molecule has 0 aromatic rings. The van der Waals surface area contributed by atoms with Crippen LogP contribution in [0.15, 0.2) is 0 Å². The summed E-state index contributed by atoms with van der Waals surface area (Å²) in [4.78, 5) is 0. The van der Waals surface area contributed by atoms with E-state index in [9.17, 15) is 0 Å². The maximum Gasteiger partial charge on any atom is 0.0576 e. The first-order chi connectivity index (χ1) is 4.20. The standard InChI is InChI=1S/C8H16O/c1-6-4-5-7(2)9-8(6)3/h6-8H,4-5H2,1-3H3/t6-,7?,8-/m0/s1. The van der Waals surface area contributed by atoms with Gasteiger partial charge in [-0.3, -0.25) is 0 Å². The van der Waals surface area contributed by atoms with Gasteiger partial charge in [0.2, 0.25) is 0 Å². The molecule has 0 aromatic heterocycles. The van der Waals surface area contributed by atoms with E-state index in [0.29, 0.717) is 12.2 Å². The molecule has 1 aliphatic heterocycles. The molecular weight excluding hydrogens is 112 g/mol. The van der Waals surface area contributed by atoms with E-state index in [4.69, 9.17) is 4.74 Å². The minimum Gasteiger partial charge on any atom is -0.375 e. The van der Waals surface area contributed by atoms with Gasteiger partial charge in [0.25, 0.3) is 0 Å². The lowest BCUT2D eigenvalue weighted by Crippen LogP contribution is -2.29. The van der Waals surface area contributed by atoms with Crippen molar-refractivity contribution in [1.29, 1.82) is 0 Å². The van der Waals surface area contributed by atoms with E-state index in [2.05, 4.69) is 20.8 Å². The van der Waals surface area contributed by atoms with Crippen LogP contribution in [0.2, 0.25) is 0 Å². The lowest BCUT2D eigenvalue weighted by Gasteiger charge is -2.30. The van der Waals surface area contributed by atoms with Gasteiger partial charge >= 0.3 is 0 Å². The molecular formula is C8H16O. The molecule has 54 valence electrons. The van der Waals surface area contributed by atoms with Crippen LogP contribution in [-0.4, -0.2) is 12.2 Å². The van der Waals surface area contributed by atoms with Crippen LogP contribution < -0.4 is 0 Å². The third-order valence-corrected chi connectivity index (χ3v) is 2.28. The van der Waals surface area contributed by atoms with Gasteiger partial charge in [0.05, 0.1) is 12.2 Å². The quantitative estimate of drug-likeness (QED) is 0.486. The first-order valence-corrected chi connectivity index (χ1v) is 3.85. The second-order valence-electron chi connectivity index (χ2n) is 3.21.